The number of hydrogen-bond acceptors (Lipinski definition) is 3. The van der Waals surface area contributed by atoms with E-state index >= 15 is 0 Å². The minimum atomic E-state index is -4.41. The topological polar surface area (TPSA) is 41.6 Å². The van der Waals surface area contributed by atoms with Gasteiger partial charge in [0.25, 0.3) is 0 Å². The number of rotatable bonds is 6. The van der Waals surface area contributed by atoms with Crippen LogP contribution in [0.5, 0.6) is 5.75 Å². The van der Waals surface area contributed by atoms with Gasteiger partial charge in [-0.3, -0.25) is 10.2 Å². The second kappa shape index (κ2) is 7.01. The second-order valence-corrected chi connectivity index (χ2v) is 6.63. The number of hydrazine groups is 1. The van der Waals surface area contributed by atoms with Crippen molar-refractivity contribution in [2.45, 2.75) is 45.8 Å². The zero-order valence-electron chi connectivity index (χ0n) is 14.1. The summed E-state index contributed by atoms with van der Waals surface area (Å²) >= 11 is 0. The lowest BCUT2D eigenvalue weighted by atomic mass is 9.94. The first-order valence-corrected chi connectivity index (χ1v) is 7.99. The summed E-state index contributed by atoms with van der Waals surface area (Å²) in [6, 6.07) is 5.37. The Kier molecular flexibility index (Phi) is 5.42. The molecule has 1 aromatic carbocycles. The van der Waals surface area contributed by atoms with E-state index in [9.17, 15) is 18.0 Å². The number of carbonyl (C=O) groups excluding carboxylic acids is 1. The Morgan fingerprint density at radius 2 is 2.08 bits per heavy atom. The van der Waals surface area contributed by atoms with Crippen molar-refractivity contribution in [2.24, 2.45) is 5.41 Å². The van der Waals surface area contributed by atoms with Crippen molar-refractivity contribution in [1.82, 2.24) is 10.4 Å². The van der Waals surface area contributed by atoms with Crippen LogP contribution in [-0.2, 0) is 11.2 Å². The highest BCUT2D eigenvalue weighted by molar-refractivity contribution is 5.83. The lowest BCUT2D eigenvalue weighted by Crippen LogP contribution is -2.50. The molecule has 1 fully saturated rings. The summed E-state index contributed by atoms with van der Waals surface area (Å²) in [7, 11) is 0. The van der Waals surface area contributed by atoms with Crippen molar-refractivity contribution in [1.29, 1.82) is 0 Å². The van der Waals surface area contributed by atoms with Gasteiger partial charge < -0.3 is 4.74 Å². The third-order valence-corrected chi connectivity index (χ3v) is 4.10. The maximum atomic E-state index is 13.4. The highest BCUT2D eigenvalue weighted by atomic mass is 19.4. The molecule has 4 nitrogen and oxygen atoms in total. The Labute approximate surface area is 139 Å². The van der Waals surface area contributed by atoms with Crippen LogP contribution in [0.1, 0.15) is 32.8 Å². The maximum absolute atomic E-state index is 13.4. The van der Waals surface area contributed by atoms with Gasteiger partial charge in [-0.25, -0.2) is 5.01 Å². The number of carbonyl (C=O) groups is 1. The number of halogens is 3. The fourth-order valence-corrected chi connectivity index (χ4v) is 2.76. The minimum Gasteiger partial charge on any atom is -0.494 e. The van der Waals surface area contributed by atoms with E-state index < -0.39 is 17.6 Å². The third-order valence-electron chi connectivity index (χ3n) is 4.10. The van der Waals surface area contributed by atoms with Crippen LogP contribution in [0.25, 0.3) is 0 Å². The Bertz CT molecular complexity index is 587. The quantitative estimate of drug-likeness (QED) is 0.861. The van der Waals surface area contributed by atoms with Crippen LogP contribution in [0, 0.1) is 5.41 Å². The monoisotopic (exact) mass is 344 g/mol. The molecule has 1 aliphatic heterocycles. The van der Waals surface area contributed by atoms with Crippen molar-refractivity contribution in [3.05, 3.63) is 29.8 Å². The van der Waals surface area contributed by atoms with E-state index in [1.165, 1.54) is 0 Å². The molecule has 0 aromatic heterocycles. The van der Waals surface area contributed by atoms with Crippen LogP contribution in [0.4, 0.5) is 13.2 Å². The van der Waals surface area contributed by atoms with Crippen LogP contribution in [0.15, 0.2) is 24.3 Å². The molecule has 0 aliphatic carbocycles. The number of hydrogen-bond donors (Lipinski definition) is 1. The molecule has 1 amide bonds. The van der Waals surface area contributed by atoms with E-state index in [1.807, 2.05) is 6.92 Å². The average molecular weight is 344 g/mol. The fourth-order valence-electron chi connectivity index (χ4n) is 2.76. The summed E-state index contributed by atoms with van der Waals surface area (Å²) in [6.45, 7) is 5.67. The number of nitrogens with one attached hydrogen (secondary N) is 1. The zero-order chi connectivity index (χ0) is 18.0. The van der Waals surface area contributed by atoms with Gasteiger partial charge >= 0.3 is 6.18 Å². The Hall–Kier alpha value is -1.76. The molecule has 0 bridgehead atoms. The lowest BCUT2D eigenvalue weighted by molar-refractivity contribution is -0.190. The van der Waals surface area contributed by atoms with Crippen molar-refractivity contribution in [3.63, 3.8) is 0 Å². The molecule has 1 heterocycles. The number of amides is 1. The minimum absolute atomic E-state index is 0.0367. The molecule has 1 N–H and O–H groups in total. The van der Waals surface area contributed by atoms with E-state index in [2.05, 4.69) is 5.43 Å². The molecule has 24 heavy (non-hydrogen) atoms. The Morgan fingerprint density at radius 3 is 2.62 bits per heavy atom. The first kappa shape index (κ1) is 18.6. The second-order valence-electron chi connectivity index (χ2n) is 6.63. The van der Waals surface area contributed by atoms with Crippen LogP contribution in [-0.4, -0.2) is 36.3 Å². The molecule has 7 heteroatoms. The molecular formula is C17H23F3N2O2. The summed E-state index contributed by atoms with van der Waals surface area (Å²) in [4.78, 5) is 11.8. The predicted octanol–water partition coefficient (Wildman–Crippen LogP) is 3.32. The maximum Gasteiger partial charge on any atom is 0.405 e. The predicted molar refractivity (Wildman–Crippen MR) is 84.4 cm³/mol. The third kappa shape index (κ3) is 4.41. The molecule has 1 saturated heterocycles. The Morgan fingerprint density at radius 1 is 1.38 bits per heavy atom. The first-order chi connectivity index (χ1) is 11.1. The van der Waals surface area contributed by atoms with Gasteiger partial charge in [0.15, 0.2) is 0 Å². The standard InChI is InChI=1S/C17H23F3N2O2/c1-4-24-13-7-5-6-12(10-13)8-9-14(17(18,19)20)22-11-16(2,3)15(23)21-22/h5-7,10,14H,4,8-9,11H2,1-3H3,(H,21,23)/t14-/m0/s1. The lowest BCUT2D eigenvalue weighted by Gasteiger charge is -2.29. The van der Waals surface area contributed by atoms with E-state index in [0.717, 1.165) is 10.6 Å². The molecule has 2 rings (SSSR count). The zero-order valence-corrected chi connectivity index (χ0v) is 14.1. The molecule has 1 aliphatic rings. The van der Waals surface area contributed by atoms with Gasteiger partial charge in [-0.2, -0.15) is 13.2 Å². The smallest absolute Gasteiger partial charge is 0.405 e. The largest absolute Gasteiger partial charge is 0.494 e. The number of alkyl halides is 3. The molecule has 0 saturated carbocycles. The van der Waals surface area contributed by atoms with E-state index in [4.69, 9.17) is 4.74 Å². The van der Waals surface area contributed by atoms with E-state index in [1.54, 1.807) is 38.1 Å². The summed E-state index contributed by atoms with van der Waals surface area (Å²) in [5.74, 6) is 0.268. The number of benzene rings is 1. The fraction of sp³-hybridized carbons (Fsp3) is 0.588. The van der Waals surface area contributed by atoms with Gasteiger partial charge in [-0.1, -0.05) is 12.1 Å². The molecular weight excluding hydrogens is 321 g/mol. The highest BCUT2D eigenvalue weighted by Gasteiger charge is 2.49. The molecule has 1 atom stereocenters. The molecule has 0 spiro atoms. The van der Waals surface area contributed by atoms with Gasteiger partial charge in [-0.05, 0) is 51.3 Å². The van der Waals surface area contributed by atoms with Crippen molar-refractivity contribution >= 4 is 5.91 Å². The van der Waals surface area contributed by atoms with E-state index in [-0.39, 0.29) is 25.3 Å². The van der Waals surface area contributed by atoms with E-state index in [0.29, 0.717) is 12.4 Å². The molecule has 0 radical (unpaired) electrons. The van der Waals surface area contributed by atoms with Crippen molar-refractivity contribution in [3.8, 4) is 5.75 Å². The molecule has 1 aromatic rings. The molecule has 0 unspecified atom stereocenters. The summed E-state index contributed by atoms with van der Waals surface area (Å²) in [6.07, 6.45) is -4.29. The van der Waals surface area contributed by atoms with Gasteiger partial charge in [0.1, 0.15) is 11.8 Å². The highest BCUT2D eigenvalue weighted by Crippen LogP contribution is 2.33. The average Bonchev–Trinajstić information content (AvgIpc) is 2.72. The van der Waals surface area contributed by atoms with Gasteiger partial charge in [0.05, 0.1) is 12.0 Å². The first-order valence-electron chi connectivity index (χ1n) is 7.99. The van der Waals surface area contributed by atoms with Gasteiger partial charge in [0, 0.05) is 6.54 Å². The van der Waals surface area contributed by atoms with Gasteiger partial charge in [0.2, 0.25) is 5.91 Å². The number of nitrogens with zero attached hydrogens (tertiary/aromatic N) is 1. The normalized spacial score (nSPS) is 19.2. The summed E-state index contributed by atoms with van der Waals surface area (Å²) < 4.78 is 45.7. The van der Waals surface area contributed by atoms with Crippen LogP contribution in [0.2, 0.25) is 0 Å². The number of ether oxygens (including phenoxy) is 1. The summed E-state index contributed by atoms with van der Waals surface area (Å²) in [5, 5.41) is 1.02. The molecule has 134 valence electrons. The van der Waals surface area contributed by atoms with Crippen LogP contribution < -0.4 is 10.2 Å². The van der Waals surface area contributed by atoms with Gasteiger partial charge in [-0.15, -0.1) is 0 Å². The summed E-state index contributed by atoms with van der Waals surface area (Å²) in [5.41, 5.74) is 2.33. The SMILES string of the molecule is CCOc1cccc(CC[C@H](N2CC(C)(C)C(=O)N2)C(F)(F)F)c1. The Balaban J connectivity index is 2.08. The van der Waals surface area contributed by atoms with Crippen LogP contribution in [0.3, 0.4) is 0 Å². The van der Waals surface area contributed by atoms with Crippen molar-refractivity contribution in [2.75, 3.05) is 13.2 Å². The van der Waals surface area contributed by atoms with Crippen molar-refractivity contribution < 1.29 is 22.7 Å². The van der Waals surface area contributed by atoms with Crippen LogP contribution >= 0.6 is 0 Å². The number of aryl methyl sites for hydroxylation is 1.